The lowest BCUT2D eigenvalue weighted by Crippen LogP contribution is -2.38. The van der Waals surface area contributed by atoms with E-state index in [4.69, 9.17) is 16.3 Å². The van der Waals surface area contributed by atoms with Crippen LogP contribution in [0.25, 0.3) is 0 Å². The third kappa shape index (κ3) is 4.41. The Morgan fingerprint density at radius 3 is 2.89 bits per heavy atom. The van der Waals surface area contributed by atoms with Crippen molar-refractivity contribution in [3.05, 3.63) is 47.2 Å². The average Bonchev–Trinajstić information content (AvgIpc) is 2.66. The summed E-state index contributed by atoms with van der Waals surface area (Å²) < 4.78 is 31.8. The normalized spacial score (nSPS) is 13.5. The molecule has 11 heteroatoms. The minimum atomic E-state index is -4.06. The van der Waals surface area contributed by atoms with E-state index in [0.29, 0.717) is 5.69 Å². The second-order valence-corrected chi connectivity index (χ2v) is 8.40. The van der Waals surface area contributed by atoms with Gasteiger partial charge in [-0.3, -0.25) is 14.6 Å². The van der Waals surface area contributed by atoms with Crippen molar-refractivity contribution in [3.8, 4) is 5.75 Å². The van der Waals surface area contributed by atoms with E-state index < -0.39 is 22.5 Å². The molecule has 2 N–H and O–H groups in total. The highest BCUT2D eigenvalue weighted by Gasteiger charge is 2.28. The number of hydrogen-bond donors (Lipinski definition) is 2. The molecule has 0 saturated heterocycles. The highest BCUT2D eigenvalue weighted by molar-refractivity contribution is 7.89. The van der Waals surface area contributed by atoms with Gasteiger partial charge in [-0.2, -0.15) is 4.31 Å². The summed E-state index contributed by atoms with van der Waals surface area (Å²) in [5.74, 6) is -0.661. The summed E-state index contributed by atoms with van der Waals surface area (Å²) in [4.78, 5) is 27.3. The summed E-state index contributed by atoms with van der Waals surface area (Å²) in [7, 11) is -2.79. The van der Waals surface area contributed by atoms with Crippen molar-refractivity contribution in [2.24, 2.45) is 0 Å². The summed E-state index contributed by atoms with van der Waals surface area (Å²) >= 11 is 6.09. The van der Waals surface area contributed by atoms with Gasteiger partial charge in [0.05, 0.1) is 29.5 Å². The molecule has 0 aliphatic carbocycles. The topological polar surface area (TPSA) is 118 Å². The second-order valence-electron chi connectivity index (χ2n) is 5.97. The number of carbonyl (C=O) groups excluding carboxylic acids is 2. The fourth-order valence-corrected chi connectivity index (χ4v) is 4.12. The molecule has 2 aromatic rings. The standard InChI is InChI=1S/C17H17ClN4O5S/c1-22(9-16(23)20-8-11-4-2-3-5-19-11)28(25,26)15-7-14-13(6-12(15)18)21-17(24)10-27-14/h2-7H,8-10H2,1H3,(H,20,23)(H,21,24). The summed E-state index contributed by atoms with van der Waals surface area (Å²) in [5, 5.41) is 5.06. The number of hydrogen-bond acceptors (Lipinski definition) is 6. The van der Waals surface area contributed by atoms with Gasteiger partial charge in [-0.1, -0.05) is 17.7 Å². The molecule has 1 aliphatic heterocycles. The predicted octanol–water partition coefficient (Wildman–Crippen LogP) is 1.00. The first-order valence-electron chi connectivity index (χ1n) is 8.16. The molecule has 9 nitrogen and oxygen atoms in total. The molecular weight excluding hydrogens is 408 g/mol. The smallest absolute Gasteiger partial charge is 0.262 e. The minimum absolute atomic E-state index is 0.0923. The van der Waals surface area contributed by atoms with Gasteiger partial charge < -0.3 is 15.4 Å². The molecule has 0 atom stereocenters. The maximum atomic E-state index is 12.8. The lowest BCUT2D eigenvalue weighted by Gasteiger charge is -2.22. The van der Waals surface area contributed by atoms with Crippen LogP contribution in [-0.2, 0) is 26.2 Å². The van der Waals surface area contributed by atoms with E-state index in [1.807, 2.05) is 0 Å². The van der Waals surface area contributed by atoms with Crippen LogP contribution in [0.5, 0.6) is 5.75 Å². The SMILES string of the molecule is CN(CC(=O)NCc1ccccn1)S(=O)(=O)c1cc2c(cc1Cl)NC(=O)CO2. The maximum absolute atomic E-state index is 12.8. The first-order chi connectivity index (χ1) is 13.3. The molecule has 2 heterocycles. The molecule has 1 aromatic carbocycles. The van der Waals surface area contributed by atoms with Crippen LogP contribution in [0.2, 0.25) is 5.02 Å². The fraction of sp³-hybridized carbons (Fsp3) is 0.235. The summed E-state index contributed by atoms with van der Waals surface area (Å²) in [6, 6.07) is 7.81. The zero-order valence-electron chi connectivity index (χ0n) is 14.8. The van der Waals surface area contributed by atoms with Crippen LogP contribution in [0.3, 0.4) is 0 Å². The van der Waals surface area contributed by atoms with Crippen LogP contribution < -0.4 is 15.4 Å². The van der Waals surface area contributed by atoms with Crippen molar-refractivity contribution < 1.29 is 22.7 Å². The Labute approximate surface area is 166 Å². The summed E-state index contributed by atoms with van der Waals surface area (Å²) in [6.07, 6.45) is 1.60. The second kappa shape index (κ2) is 8.13. The lowest BCUT2D eigenvalue weighted by atomic mass is 10.2. The van der Waals surface area contributed by atoms with Crippen molar-refractivity contribution in [1.82, 2.24) is 14.6 Å². The minimum Gasteiger partial charge on any atom is -0.482 e. The lowest BCUT2D eigenvalue weighted by molar-refractivity contribution is -0.121. The number of nitrogens with zero attached hydrogens (tertiary/aromatic N) is 2. The number of ether oxygens (including phenoxy) is 1. The van der Waals surface area contributed by atoms with Crippen LogP contribution in [0.15, 0.2) is 41.4 Å². The molecule has 1 aromatic heterocycles. The molecule has 3 rings (SSSR count). The molecule has 0 saturated carbocycles. The number of pyridine rings is 1. The van der Waals surface area contributed by atoms with Gasteiger partial charge in [0.25, 0.3) is 5.91 Å². The third-order valence-electron chi connectivity index (χ3n) is 3.91. The van der Waals surface area contributed by atoms with Crippen molar-refractivity contribution in [2.75, 3.05) is 25.5 Å². The number of nitrogens with one attached hydrogen (secondary N) is 2. The zero-order chi connectivity index (χ0) is 20.3. The van der Waals surface area contributed by atoms with E-state index in [1.54, 1.807) is 24.4 Å². The number of carbonyl (C=O) groups is 2. The molecule has 0 unspecified atom stereocenters. The van der Waals surface area contributed by atoms with Gasteiger partial charge in [0, 0.05) is 19.3 Å². The van der Waals surface area contributed by atoms with Crippen molar-refractivity contribution in [3.63, 3.8) is 0 Å². The molecule has 1 aliphatic rings. The van der Waals surface area contributed by atoms with Gasteiger partial charge in [0.2, 0.25) is 15.9 Å². The van der Waals surface area contributed by atoms with Crippen LogP contribution >= 0.6 is 11.6 Å². The largest absolute Gasteiger partial charge is 0.482 e. The Morgan fingerprint density at radius 1 is 1.39 bits per heavy atom. The maximum Gasteiger partial charge on any atom is 0.262 e. The van der Waals surface area contributed by atoms with E-state index in [1.165, 1.54) is 19.2 Å². The van der Waals surface area contributed by atoms with Gasteiger partial charge in [-0.15, -0.1) is 0 Å². The Balaban J connectivity index is 1.71. The number of rotatable bonds is 6. The highest BCUT2D eigenvalue weighted by atomic mass is 35.5. The predicted molar refractivity (Wildman–Crippen MR) is 101 cm³/mol. The molecule has 28 heavy (non-hydrogen) atoms. The number of anilines is 1. The van der Waals surface area contributed by atoms with Gasteiger partial charge in [-0.05, 0) is 18.2 Å². The number of sulfonamides is 1. The van der Waals surface area contributed by atoms with E-state index in [-0.39, 0.29) is 40.4 Å². The molecular formula is C17H17ClN4O5S. The van der Waals surface area contributed by atoms with Gasteiger partial charge >= 0.3 is 0 Å². The van der Waals surface area contributed by atoms with E-state index in [9.17, 15) is 18.0 Å². The van der Waals surface area contributed by atoms with Crippen molar-refractivity contribution in [2.45, 2.75) is 11.4 Å². The number of amides is 2. The highest BCUT2D eigenvalue weighted by Crippen LogP contribution is 2.36. The molecule has 2 amide bonds. The molecule has 0 bridgehead atoms. The van der Waals surface area contributed by atoms with Crippen LogP contribution in [0.1, 0.15) is 5.69 Å². The number of aromatic nitrogens is 1. The molecule has 0 radical (unpaired) electrons. The van der Waals surface area contributed by atoms with E-state index in [0.717, 1.165) is 4.31 Å². The van der Waals surface area contributed by atoms with Crippen LogP contribution in [0.4, 0.5) is 5.69 Å². The van der Waals surface area contributed by atoms with Crippen LogP contribution in [-0.4, -0.2) is 49.7 Å². The average molecular weight is 425 g/mol. The Kier molecular flexibility index (Phi) is 5.82. The van der Waals surface area contributed by atoms with E-state index in [2.05, 4.69) is 15.6 Å². The third-order valence-corrected chi connectivity index (χ3v) is 6.18. The molecule has 148 valence electrons. The first-order valence-corrected chi connectivity index (χ1v) is 9.98. The van der Waals surface area contributed by atoms with Crippen molar-refractivity contribution in [1.29, 1.82) is 0 Å². The van der Waals surface area contributed by atoms with Gasteiger partial charge in [0.1, 0.15) is 10.6 Å². The van der Waals surface area contributed by atoms with Gasteiger partial charge in [-0.25, -0.2) is 8.42 Å². The van der Waals surface area contributed by atoms with Gasteiger partial charge in [0.15, 0.2) is 6.61 Å². The molecule has 0 fully saturated rings. The zero-order valence-corrected chi connectivity index (χ0v) is 16.4. The summed E-state index contributed by atoms with van der Waals surface area (Å²) in [6.45, 7) is -0.444. The number of likely N-dealkylation sites (N-methyl/N-ethyl adjacent to an activating group) is 1. The fourth-order valence-electron chi connectivity index (χ4n) is 2.48. The van der Waals surface area contributed by atoms with E-state index >= 15 is 0 Å². The monoisotopic (exact) mass is 424 g/mol. The Morgan fingerprint density at radius 2 is 2.18 bits per heavy atom. The number of benzene rings is 1. The quantitative estimate of drug-likeness (QED) is 0.714. The Bertz CT molecular complexity index is 1010. The Hall–Kier alpha value is -2.69. The van der Waals surface area contributed by atoms with Crippen LogP contribution in [0, 0.1) is 0 Å². The number of halogens is 1. The first kappa shape index (κ1) is 20.1. The number of fused-ring (bicyclic) bond motifs is 1. The molecule has 0 spiro atoms. The van der Waals surface area contributed by atoms with Crippen molar-refractivity contribution >= 4 is 39.1 Å². The summed E-state index contributed by atoms with van der Waals surface area (Å²) in [5.41, 5.74) is 0.939.